The molecule has 1 saturated heterocycles. The van der Waals surface area contributed by atoms with Crippen molar-refractivity contribution in [2.24, 2.45) is 0 Å². The number of nitrogens with one attached hydrogen (secondary N) is 1. The van der Waals surface area contributed by atoms with Gasteiger partial charge < -0.3 is 4.74 Å². The normalized spacial score (nSPS) is 25.3. The van der Waals surface area contributed by atoms with E-state index in [1.54, 1.807) is 5.48 Å². The summed E-state index contributed by atoms with van der Waals surface area (Å²) in [7, 11) is 0. The molecule has 2 N–H and O–H groups in total. The van der Waals surface area contributed by atoms with Crippen LogP contribution in [0.4, 0.5) is 0 Å². The van der Waals surface area contributed by atoms with E-state index in [4.69, 9.17) is 9.94 Å². The second kappa shape index (κ2) is 4.39. The van der Waals surface area contributed by atoms with Crippen molar-refractivity contribution in [2.45, 2.75) is 13.0 Å². The van der Waals surface area contributed by atoms with Crippen LogP contribution < -0.4 is 5.48 Å². The first-order valence-corrected chi connectivity index (χ1v) is 4.05. The second-order valence-electron chi connectivity index (χ2n) is 2.70. The fourth-order valence-electron chi connectivity index (χ4n) is 1.33. The molecule has 1 heterocycles. The number of amides is 1. The number of hydroxylamine groups is 1. The fraction of sp³-hybridized carbons (Fsp3) is 0.857. The number of carbonyl (C=O) groups excluding carboxylic acids is 1. The summed E-state index contributed by atoms with van der Waals surface area (Å²) in [5.41, 5.74) is 1.64. The third-order valence-electron chi connectivity index (χ3n) is 2.06. The molecule has 70 valence electrons. The molecular formula is C7H14N2O3. The van der Waals surface area contributed by atoms with Gasteiger partial charge in [-0.1, -0.05) is 6.92 Å². The lowest BCUT2D eigenvalue weighted by atomic mass is 10.2. The van der Waals surface area contributed by atoms with Crippen LogP contribution in [0.5, 0.6) is 0 Å². The van der Waals surface area contributed by atoms with Crippen molar-refractivity contribution in [1.82, 2.24) is 10.4 Å². The van der Waals surface area contributed by atoms with E-state index in [1.807, 2.05) is 11.8 Å². The van der Waals surface area contributed by atoms with Crippen molar-refractivity contribution < 1.29 is 14.7 Å². The van der Waals surface area contributed by atoms with Gasteiger partial charge in [0.15, 0.2) is 0 Å². The van der Waals surface area contributed by atoms with Crippen LogP contribution in [0.2, 0.25) is 0 Å². The van der Waals surface area contributed by atoms with Crippen molar-refractivity contribution in [2.75, 3.05) is 26.3 Å². The Kier molecular flexibility index (Phi) is 3.46. The summed E-state index contributed by atoms with van der Waals surface area (Å²) in [6.45, 7) is 4.53. The zero-order valence-corrected chi connectivity index (χ0v) is 7.12. The van der Waals surface area contributed by atoms with Gasteiger partial charge >= 0.3 is 0 Å². The zero-order chi connectivity index (χ0) is 8.97. The lowest BCUT2D eigenvalue weighted by Crippen LogP contribution is -2.53. The summed E-state index contributed by atoms with van der Waals surface area (Å²) in [4.78, 5) is 13.0. The lowest BCUT2D eigenvalue weighted by Gasteiger charge is -2.32. The minimum Gasteiger partial charge on any atom is -0.378 e. The number of rotatable bonds is 2. The van der Waals surface area contributed by atoms with E-state index in [0.717, 1.165) is 13.1 Å². The third kappa shape index (κ3) is 1.94. The number of hydrogen-bond acceptors (Lipinski definition) is 4. The molecule has 0 aromatic heterocycles. The van der Waals surface area contributed by atoms with Crippen LogP contribution in [0, 0.1) is 0 Å². The molecule has 0 spiro atoms. The molecule has 12 heavy (non-hydrogen) atoms. The molecule has 1 fully saturated rings. The molecule has 0 aromatic rings. The molecule has 1 aliphatic heterocycles. The van der Waals surface area contributed by atoms with E-state index in [2.05, 4.69) is 0 Å². The maximum atomic E-state index is 11.1. The molecule has 5 heteroatoms. The fourth-order valence-corrected chi connectivity index (χ4v) is 1.33. The van der Waals surface area contributed by atoms with E-state index >= 15 is 0 Å². The Balaban J connectivity index is 2.52. The average molecular weight is 174 g/mol. The first-order valence-electron chi connectivity index (χ1n) is 4.05. The monoisotopic (exact) mass is 174 g/mol. The van der Waals surface area contributed by atoms with Crippen LogP contribution in [0.1, 0.15) is 6.92 Å². The number of morpholine rings is 1. The Morgan fingerprint density at radius 2 is 2.58 bits per heavy atom. The highest BCUT2D eigenvalue weighted by Crippen LogP contribution is 2.05. The highest BCUT2D eigenvalue weighted by Gasteiger charge is 2.27. The first-order chi connectivity index (χ1) is 5.79. The van der Waals surface area contributed by atoms with Crippen LogP contribution in [-0.4, -0.2) is 48.4 Å². The van der Waals surface area contributed by atoms with Crippen LogP contribution in [-0.2, 0) is 9.53 Å². The van der Waals surface area contributed by atoms with Gasteiger partial charge in [0, 0.05) is 6.54 Å². The van der Waals surface area contributed by atoms with Gasteiger partial charge in [0.25, 0.3) is 5.91 Å². The van der Waals surface area contributed by atoms with Gasteiger partial charge in [0.2, 0.25) is 0 Å². The maximum Gasteiger partial charge on any atom is 0.263 e. The van der Waals surface area contributed by atoms with Gasteiger partial charge in [0.1, 0.15) is 6.04 Å². The summed E-state index contributed by atoms with van der Waals surface area (Å²) in [6.07, 6.45) is 0. The molecule has 1 atom stereocenters. The number of likely N-dealkylation sites (N-methyl/N-ethyl adjacent to an activating group) is 1. The number of nitrogens with zero attached hydrogens (tertiary/aromatic N) is 1. The number of carbonyl (C=O) groups is 1. The summed E-state index contributed by atoms with van der Waals surface area (Å²) < 4.78 is 5.12. The largest absolute Gasteiger partial charge is 0.378 e. The smallest absolute Gasteiger partial charge is 0.263 e. The molecule has 0 bridgehead atoms. The zero-order valence-electron chi connectivity index (χ0n) is 7.12. The van der Waals surface area contributed by atoms with E-state index in [0.29, 0.717) is 13.2 Å². The molecule has 0 aliphatic carbocycles. The van der Waals surface area contributed by atoms with Crippen LogP contribution in [0.25, 0.3) is 0 Å². The molecule has 1 unspecified atom stereocenters. The maximum absolute atomic E-state index is 11.1. The molecule has 1 amide bonds. The van der Waals surface area contributed by atoms with Gasteiger partial charge in [-0.25, -0.2) is 5.48 Å². The number of hydrogen-bond donors (Lipinski definition) is 2. The molecule has 0 saturated carbocycles. The molecule has 5 nitrogen and oxygen atoms in total. The van der Waals surface area contributed by atoms with Crippen molar-refractivity contribution in [1.29, 1.82) is 0 Å². The Bertz CT molecular complexity index is 163. The standard InChI is InChI=1S/C7H14N2O3/c1-2-9-3-4-12-5-6(9)7(10)8-11/h6,11H,2-5H2,1H3,(H,8,10). The highest BCUT2D eigenvalue weighted by molar-refractivity contribution is 5.80. The number of ether oxygens (including phenoxy) is 1. The van der Waals surface area contributed by atoms with Crippen molar-refractivity contribution in [3.05, 3.63) is 0 Å². The quantitative estimate of drug-likeness (QED) is 0.425. The van der Waals surface area contributed by atoms with Crippen LogP contribution in [0.15, 0.2) is 0 Å². The SMILES string of the molecule is CCN1CCOCC1C(=O)NO. The van der Waals surface area contributed by atoms with Gasteiger partial charge in [-0.3, -0.25) is 14.9 Å². The minimum absolute atomic E-state index is 0.339. The van der Waals surface area contributed by atoms with Gasteiger partial charge in [-0.15, -0.1) is 0 Å². The summed E-state index contributed by atoms with van der Waals surface area (Å²) in [6, 6.07) is -0.339. The molecular weight excluding hydrogens is 160 g/mol. The van der Waals surface area contributed by atoms with Gasteiger partial charge in [0.05, 0.1) is 13.2 Å². The van der Waals surface area contributed by atoms with E-state index in [9.17, 15) is 4.79 Å². The summed E-state index contributed by atoms with van der Waals surface area (Å²) >= 11 is 0. The van der Waals surface area contributed by atoms with Crippen molar-refractivity contribution >= 4 is 5.91 Å². The Morgan fingerprint density at radius 1 is 1.83 bits per heavy atom. The second-order valence-corrected chi connectivity index (χ2v) is 2.70. The highest BCUT2D eigenvalue weighted by atomic mass is 16.5. The molecule has 1 aliphatic rings. The Hall–Kier alpha value is -0.650. The van der Waals surface area contributed by atoms with Crippen LogP contribution in [0.3, 0.4) is 0 Å². The van der Waals surface area contributed by atoms with E-state index in [1.165, 1.54) is 0 Å². The summed E-state index contributed by atoms with van der Waals surface area (Å²) in [5.74, 6) is -0.392. The predicted molar refractivity (Wildman–Crippen MR) is 41.8 cm³/mol. The lowest BCUT2D eigenvalue weighted by molar-refractivity contribution is -0.140. The third-order valence-corrected chi connectivity index (χ3v) is 2.06. The van der Waals surface area contributed by atoms with Gasteiger partial charge in [-0.2, -0.15) is 0 Å². The van der Waals surface area contributed by atoms with Crippen molar-refractivity contribution in [3.8, 4) is 0 Å². The average Bonchev–Trinajstić information content (AvgIpc) is 2.16. The molecule has 0 aromatic carbocycles. The Labute approximate surface area is 71.3 Å². The Morgan fingerprint density at radius 3 is 3.17 bits per heavy atom. The van der Waals surface area contributed by atoms with Gasteiger partial charge in [-0.05, 0) is 6.54 Å². The molecule has 1 rings (SSSR count). The topological polar surface area (TPSA) is 61.8 Å². The predicted octanol–water partition coefficient (Wildman–Crippen LogP) is -0.787. The summed E-state index contributed by atoms with van der Waals surface area (Å²) in [5, 5.41) is 8.42. The minimum atomic E-state index is -0.392. The van der Waals surface area contributed by atoms with Crippen molar-refractivity contribution in [3.63, 3.8) is 0 Å². The molecule has 0 radical (unpaired) electrons. The first kappa shape index (κ1) is 9.44. The van der Waals surface area contributed by atoms with E-state index < -0.39 is 5.91 Å². The van der Waals surface area contributed by atoms with E-state index in [-0.39, 0.29) is 6.04 Å². The van der Waals surface area contributed by atoms with Crippen LogP contribution >= 0.6 is 0 Å².